The lowest BCUT2D eigenvalue weighted by atomic mass is 10.2. The molecule has 0 spiro atoms. The van der Waals surface area contributed by atoms with Gasteiger partial charge in [0.05, 0.1) is 28.5 Å². The van der Waals surface area contributed by atoms with E-state index in [1.54, 1.807) is 31.0 Å². The average molecular weight is 364 g/mol. The fraction of sp³-hybridized carbons (Fsp3) is 0.188. The van der Waals surface area contributed by atoms with Crippen LogP contribution >= 0.6 is 23.2 Å². The number of rotatable bonds is 4. The van der Waals surface area contributed by atoms with E-state index in [4.69, 9.17) is 23.2 Å². The van der Waals surface area contributed by atoms with Gasteiger partial charge in [0, 0.05) is 18.9 Å². The second-order valence-corrected chi connectivity index (χ2v) is 6.20. The Morgan fingerprint density at radius 1 is 1.33 bits per heavy atom. The highest BCUT2D eigenvalue weighted by molar-refractivity contribution is 6.34. The number of hydrogen-bond acceptors (Lipinski definition) is 3. The molecule has 3 aromatic rings. The molecule has 1 N–H and O–H groups in total. The maximum Gasteiger partial charge on any atom is 0.275 e. The summed E-state index contributed by atoms with van der Waals surface area (Å²) in [7, 11) is 1.69. The number of aryl methyl sites for hydroxylation is 2. The van der Waals surface area contributed by atoms with Gasteiger partial charge >= 0.3 is 0 Å². The molecule has 8 heteroatoms. The molecule has 124 valence electrons. The predicted octanol–water partition coefficient (Wildman–Crippen LogP) is 3.53. The largest absolute Gasteiger partial charge is 0.321 e. The highest BCUT2D eigenvalue weighted by Gasteiger charge is 2.18. The van der Waals surface area contributed by atoms with Crippen LogP contribution in [0.25, 0.3) is 0 Å². The number of nitrogens with one attached hydrogen (secondary N) is 1. The summed E-state index contributed by atoms with van der Waals surface area (Å²) in [5, 5.41) is 12.1. The van der Waals surface area contributed by atoms with Crippen LogP contribution in [-0.2, 0) is 13.6 Å². The standard InChI is InChI=1S/C16H15Cl2N5O/c1-10-14(18)15(22(2)21-10)16(24)20-13-5-3-4-11(6-13)8-23-9-12(17)7-19-23/h3-7,9H,8H2,1-2H3,(H,20,24). The zero-order chi connectivity index (χ0) is 17.3. The molecule has 2 aromatic heterocycles. The number of aromatic nitrogens is 4. The van der Waals surface area contributed by atoms with Crippen molar-refractivity contribution >= 4 is 34.8 Å². The zero-order valence-corrected chi connectivity index (χ0v) is 14.6. The van der Waals surface area contributed by atoms with E-state index in [-0.39, 0.29) is 5.91 Å². The summed E-state index contributed by atoms with van der Waals surface area (Å²) in [6.07, 6.45) is 3.32. The van der Waals surface area contributed by atoms with Crippen molar-refractivity contribution in [3.05, 3.63) is 63.7 Å². The summed E-state index contributed by atoms with van der Waals surface area (Å²) < 4.78 is 3.20. The molecule has 0 atom stereocenters. The first-order valence-electron chi connectivity index (χ1n) is 7.21. The SMILES string of the molecule is Cc1nn(C)c(C(=O)Nc2cccc(Cn3cc(Cl)cn3)c2)c1Cl. The fourth-order valence-corrected chi connectivity index (χ4v) is 2.83. The number of hydrogen-bond donors (Lipinski definition) is 1. The van der Waals surface area contributed by atoms with Gasteiger partial charge in [-0.25, -0.2) is 0 Å². The second-order valence-electron chi connectivity index (χ2n) is 5.38. The molecule has 0 aliphatic rings. The monoisotopic (exact) mass is 363 g/mol. The number of carbonyl (C=O) groups excluding carboxylic acids is 1. The van der Waals surface area contributed by atoms with E-state index in [0.29, 0.717) is 33.7 Å². The first-order valence-corrected chi connectivity index (χ1v) is 7.97. The lowest BCUT2D eigenvalue weighted by Crippen LogP contribution is -2.16. The Hall–Kier alpha value is -2.31. The van der Waals surface area contributed by atoms with Crippen molar-refractivity contribution in [3.8, 4) is 0 Å². The number of nitrogens with zero attached hydrogens (tertiary/aromatic N) is 4. The number of carbonyl (C=O) groups is 1. The van der Waals surface area contributed by atoms with Gasteiger partial charge in [0.15, 0.2) is 0 Å². The Morgan fingerprint density at radius 3 is 2.75 bits per heavy atom. The summed E-state index contributed by atoms with van der Waals surface area (Å²) in [4.78, 5) is 12.5. The van der Waals surface area contributed by atoms with Crippen LogP contribution < -0.4 is 5.32 Å². The lowest BCUT2D eigenvalue weighted by Gasteiger charge is -2.08. The molecule has 0 aliphatic heterocycles. The van der Waals surface area contributed by atoms with Gasteiger partial charge in [-0.05, 0) is 24.6 Å². The minimum absolute atomic E-state index is 0.303. The van der Waals surface area contributed by atoms with Crippen molar-refractivity contribution in [2.45, 2.75) is 13.5 Å². The van der Waals surface area contributed by atoms with Crippen LogP contribution in [0.2, 0.25) is 10.0 Å². The number of benzene rings is 1. The van der Waals surface area contributed by atoms with E-state index >= 15 is 0 Å². The smallest absolute Gasteiger partial charge is 0.275 e. The molecule has 6 nitrogen and oxygen atoms in total. The highest BCUT2D eigenvalue weighted by Crippen LogP contribution is 2.21. The first kappa shape index (κ1) is 16.5. The third kappa shape index (κ3) is 3.44. The molecule has 0 unspecified atom stereocenters. The Bertz CT molecular complexity index is 900. The van der Waals surface area contributed by atoms with E-state index in [2.05, 4.69) is 15.5 Å². The molecule has 0 bridgehead atoms. The van der Waals surface area contributed by atoms with Gasteiger partial charge in [-0.15, -0.1) is 0 Å². The average Bonchev–Trinajstić information content (AvgIpc) is 3.03. The quantitative estimate of drug-likeness (QED) is 0.770. The summed E-state index contributed by atoms with van der Waals surface area (Å²) >= 11 is 12.0. The molecule has 1 aromatic carbocycles. The molecule has 24 heavy (non-hydrogen) atoms. The number of amides is 1. The highest BCUT2D eigenvalue weighted by atomic mass is 35.5. The third-order valence-corrected chi connectivity index (χ3v) is 4.14. The zero-order valence-electron chi connectivity index (χ0n) is 13.1. The summed E-state index contributed by atoms with van der Waals surface area (Å²) in [6, 6.07) is 7.51. The third-order valence-electron chi connectivity index (χ3n) is 3.50. The van der Waals surface area contributed by atoms with E-state index in [0.717, 1.165) is 5.56 Å². The van der Waals surface area contributed by atoms with Gasteiger partial charge in [-0.2, -0.15) is 10.2 Å². The van der Waals surface area contributed by atoms with Crippen LogP contribution in [0.5, 0.6) is 0 Å². The summed E-state index contributed by atoms with van der Waals surface area (Å²) in [5.74, 6) is -0.303. The van der Waals surface area contributed by atoms with E-state index in [1.165, 1.54) is 4.68 Å². The lowest BCUT2D eigenvalue weighted by molar-refractivity contribution is 0.101. The van der Waals surface area contributed by atoms with Crippen LogP contribution in [0, 0.1) is 6.92 Å². The van der Waals surface area contributed by atoms with Crippen LogP contribution in [0.4, 0.5) is 5.69 Å². The maximum atomic E-state index is 12.5. The van der Waals surface area contributed by atoms with E-state index in [9.17, 15) is 4.79 Å². The molecule has 0 radical (unpaired) electrons. The van der Waals surface area contributed by atoms with E-state index in [1.807, 2.05) is 24.3 Å². The van der Waals surface area contributed by atoms with Gasteiger partial charge in [-0.3, -0.25) is 14.2 Å². The van der Waals surface area contributed by atoms with Crippen LogP contribution in [0.15, 0.2) is 36.7 Å². The van der Waals surface area contributed by atoms with Crippen LogP contribution in [0.1, 0.15) is 21.7 Å². The number of halogens is 2. The van der Waals surface area contributed by atoms with Crippen molar-refractivity contribution in [1.82, 2.24) is 19.6 Å². The molecule has 2 heterocycles. The van der Waals surface area contributed by atoms with Crippen molar-refractivity contribution < 1.29 is 4.79 Å². The second kappa shape index (κ2) is 6.67. The molecular formula is C16H15Cl2N5O. The molecule has 1 amide bonds. The van der Waals surface area contributed by atoms with Gasteiger partial charge in [0.25, 0.3) is 5.91 Å². The van der Waals surface area contributed by atoms with Gasteiger partial charge in [-0.1, -0.05) is 35.3 Å². The van der Waals surface area contributed by atoms with E-state index < -0.39 is 0 Å². The molecule has 3 rings (SSSR count). The summed E-state index contributed by atoms with van der Waals surface area (Å²) in [6.45, 7) is 2.32. The summed E-state index contributed by atoms with van der Waals surface area (Å²) in [5.41, 5.74) is 2.61. The van der Waals surface area contributed by atoms with Gasteiger partial charge in [0.2, 0.25) is 0 Å². The fourth-order valence-electron chi connectivity index (χ4n) is 2.43. The molecule has 0 aliphatic carbocycles. The first-order chi connectivity index (χ1) is 11.4. The minimum Gasteiger partial charge on any atom is -0.321 e. The van der Waals surface area contributed by atoms with Crippen molar-refractivity contribution in [3.63, 3.8) is 0 Å². The van der Waals surface area contributed by atoms with Gasteiger partial charge in [0.1, 0.15) is 5.69 Å². The molecular weight excluding hydrogens is 349 g/mol. The topological polar surface area (TPSA) is 64.7 Å². The Balaban J connectivity index is 1.78. The Morgan fingerprint density at radius 2 is 2.12 bits per heavy atom. The predicted molar refractivity (Wildman–Crippen MR) is 93.7 cm³/mol. The Kier molecular flexibility index (Phi) is 4.59. The van der Waals surface area contributed by atoms with Gasteiger partial charge < -0.3 is 5.32 Å². The van der Waals surface area contributed by atoms with Crippen LogP contribution in [0.3, 0.4) is 0 Å². The molecule has 0 fully saturated rings. The number of anilines is 1. The van der Waals surface area contributed by atoms with Crippen molar-refractivity contribution in [1.29, 1.82) is 0 Å². The normalized spacial score (nSPS) is 10.8. The molecule has 0 saturated carbocycles. The van der Waals surface area contributed by atoms with Crippen molar-refractivity contribution in [2.75, 3.05) is 5.32 Å². The molecule has 0 saturated heterocycles. The Labute approximate surface area is 149 Å². The van der Waals surface area contributed by atoms with Crippen LogP contribution in [-0.4, -0.2) is 25.5 Å². The maximum absolute atomic E-state index is 12.5. The van der Waals surface area contributed by atoms with Crippen molar-refractivity contribution in [2.24, 2.45) is 7.05 Å². The minimum atomic E-state index is -0.303.